The molecule has 0 unspecified atom stereocenters. The van der Waals surface area contributed by atoms with Crippen molar-refractivity contribution in [3.8, 4) is 11.3 Å². The number of aryl methyl sites for hydroxylation is 1. The van der Waals surface area contributed by atoms with Crippen LogP contribution in [0.15, 0.2) is 23.0 Å². The average Bonchev–Trinajstić information content (AvgIpc) is 2.88. The fourth-order valence-corrected chi connectivity index (χ4v) is 1.70. The minimum absolute atomic E-state index is 0.0812. The van der Waals surface area contributed by atoms with Gasteiger partial charge in [0.25, 0.3) is 6.43 Å². The Hall–Kier alpha value is -2.31. The van der Waals surface area contributed by atoms with Crippen molar-refractivity contribution in [2.45, 2.75) is 20.3 Å². The number of nitrogens with zero attached hydrogens (tertiary/aromatic N) is 2. The van der Waals surface area contributed by atoms with Crippen molar-refractivity contribution in [1.29, 1.82) is 0 Å². The molecule has 20 heavy (non-hydrogen) atoms. The van der Waals surface area contributed by atoms with Crippen LogP contribution in [0.4, 0.5) is 8.78 Å². The number of carbonyl (C=O) groups is 1. The highest BCUT2D eigenvalue weighted by Gasteiger charge is 2.21. The lowest BCUT2D eigenvalue weighted by Crippen LogP contribution is -2.05. The lowest BCUT2D eigenvalue weighted by molar-refractivity contribution is 0.0526. The standard InChI is InChI=1S/C13H12F2N2O3/c1-3-19-13(18)10-6-20-17-11(10)8-4-9(12(14)15)7(2)16-5-8/h4-6,12H,3H2,1-2H3. The number of halogens is 2. The maximum Gasteiger partial charge on any atom is 0.343 e. The van der Waals surface area contributed by atoms with E-state index in [1.165, 1.54) is 19.2 Å². The van der Waals surface area contributed by atoms with Crippen LogP contribution in [0.25, 0.3) is 11.3 Å². The van der Waals surface area contributed by atoms with Crippen molar-refractivity contribution in [1.82, 2.24) is 10.1 Å². The number of pyridine rings is 1. The summed E-state index contributed by atoms with van der Waals surface area (Å²) in [5.41, 5.74) is 0.517. The average molecular weight is 282 g/mol. The van der Waals surface area contributed by atoms with Gasteiger partial charge in [-0.2, -0.15) is 0 Å². The van der Waals surface area contributed by atoms with E-state index in [-0.39, 0.29) is 34.7 Å². The molecule has 0 aliphatic carbocycles. The van der Waals surface area contributed by atoms with E-state index in [0.29, 0.717) is 0 Å². The Labute approximate surface area is 113 Å². The van der Waals surface area contributed by atoms with Crippen LogP contribution in [-0.4, -0.2) is 22.7 Å². The van der Waals surface area contributed by atoms with E-state index in [9.17, 15) is 13.6 Å². The number of alkyl halides is 2. The number of hydrogen-bond acceptors (Lipinski definition) is 5. The summed E-state index contributed by atoms with van der Waals surface area (Å²) in [6, 6.07) is 1.24. The van der Waals surface area contributed by atoms with Crippen LogP contribution in [0, 0.1) is 6.92 Å². The van der Waals surface area contributed by atoms with Gasteiger partial charge < -0.3 is 9.26 Å². The summed E-state index contributed by atoms with van der Waals surface area (Å²) in [4.78, 5) is 15.6. The van der Waals surface area contributed by atoms with Gasteiger partial charge in [-0.05, 0) is 19.9 Å². The molecule has 2 aromatic rings. The van der Waals surface area contributed by atoms with Gasteiger partial charge in [-0.25, -0.2) is 13.6 Å². The maximum atomic E-state index is 12.9. The van der Waals surface area contributed by atoms with Crippen LogP contribution < -0.4 is 0 Å². The molecule has 0 spiro atoms. The molecule has 106 valence electrons. The summed E-state index contributed by atoms with van der Waals surface area (Å²) in [5, 5.41) is 3.66. The molecule has 0 aromatic carbocycles. The van der Waals surface area contributed by atoms with Gasteiger partial charge >= 0.3 is 5.97 Å². The number of ether oxygens (including phenoxy) is 1. The minimum Gasteiger partial charge on any atom is -0.462 e. The highest BCUT2D eigenvalue weighted by atomic mass is 19.3. The second-order valence-corrected chi connectivity index (χ2v) is 4.00. The van der Waals surface area contributed by atoms with Gasteiger partial charge in [-0.1, -0.05) is 5.16 Å². The first-order valence-electron chi connectivity index (χ1n) is 5.91. The summed E-state index contributed by atoms with van der Waals surface area (Å²) < 4.78 is 35.3. The van der Waals surface area contributed by atoms with Crippen LogP contribution in [0.2, 0.25) is 0 Å². The van der Waals surface area contributed by atoms with Gasteiger partial charge in [-0.15, -0.1) is 0 Å². The third-order valence-corrected chi connectivity index (χ3v) is 2.70. The lowest BCUT2D eigenvalue weighted by atomic mass is 10.1. The number of hydrogen-bond donors (Lipinski definition) is 0. The quantitative estimate of drug-likeness (QED) is 0.806. The number of rotatable bonds is 4. The molecule has 2 rings (SSSR count). The molecule has 0 fully saturated rings. The summed E-state index contributed by atoms with van der Waals surface area (Å²) in [6.45, 7) is 3.34. The molecule has 0 saturated heterocycles. The van der Waals surface area contributed by atoms with Crippen LogP contribution in [-0.2, 0) is 4.74 Å². The summed E-state index contributed by atoms with van der Waals surface area (Å²) >= 11 is 0. The predicted octanol–water partition coefficient (Wildman–Crippen LogP) is 3.16. The van der Waals surface area contributed by atoms with E-state index in [2.05, 4.69) is 10.1 Å². The Balaban J connectivity index is 2.45. The summed E-state index contributed by atoms with van der Waals surface area (Å²) in [7, 11) is 0. The normalized spacial score (nSPS) is 10.8. The zero-order chi connectivity index (χ0) is 14.7. The van der Waals surface area contributed by atoms with E-state index in [1.54, 1.807) is 6.92 Å². The molecule has 5 nitrogen and oxygen atoms in total. The van der Waals surface area contributed by atoms with Crippen molar-refractivity contribution in [3.05, 3.63) is 35.3 Å². The second-order valence-electron chi connectivity index (χ2n) is 4.00. The smallest absolute Gasteiger partial charge is 0.343 e. The van der Waals surface area contributed by atoms with E-state index in [0.717, 1.165) is 6.26 Å². The Morgan fingerprint density at radius 3 is 2.90 bits per heavy atom. The van der Waals surface area contributed by atoms with E-state index in [4.69, 9.17) is 9.26 Å². The fraction of sp³-hybridized carbons (Fsp3) is 0.308. The zero-order valence-electron chi connectivity index (χ0n) is 10.9. The molecule has 0 saturated carbocycles. The molecule has 0 bridgehead atoms. The highest BCUT2D eigenvalue weighted by molar-refractivity contribution is 5.95. The highest BCUT2D eigenvalue weighted by Crippen LogP contribution is 2.28. The lowest BCUT2D eigenvalue weighted by Gasteiger charge is -2.06. The third kappa shape index (κ3) is 2.66. The number of aromatic nitrogens is 2. The van der Waals surface area contributed by atoms with Crippen LogP contribution in [0.3, 0.4) is 0 Å². The SMILES string of the molecule is CCOC(=O)c1conc1-c1cnc(C)c(C(F)F)c1. The Bertz CT molecular complexity index is 626. The van der Waals surface area contributed by atoms with Gasteiger partial charge in [0.1, 0.15) is 17.5 Å². The molecular weight excluding hydrogens is 270 g/mol. The topological polar surface area (TPSA) is 65.2 Å². The van der Waals surface area contributed by atoms with Crippen LogP contribution in [0.1, 0.15) is 35.0 Å². The van der Waals surface area contributed by atoms with Gasteiger partial charge in [0.2, 0.25) is 0 Å². The first kappa shape index (κ1) is 14.1. The largest absolute Gasteiger partial charge is 0.462 e. The molecule has 0 aliphatic heterocycles. The molecular formula is C13H12F2N2O3. The van der Waals surface area contributed by atoms with E-state index in [1.807, 2.05) is 0 Å². The molecule has 0 atom stereocenters. The molecule has 0 N–H and O–H groups in total. The Morgan fingerprint density at radius 2 is 2.25 bits per heavy atom. The van der Waals surface area contributed by atoms with Crippen molar-refractivity contribution in [2.24, 2.45) is 0 Å². The molecule has 2 heterocycles. The number of esters is 1. The number of carbonyl (C=O) groups excluding carboxylic acids is 1. The molecule has 0 radical (unpaired) electrons. The van der Waals surface area contributed by atoms with E-state index < -0.39 is 12.4 Å². The first-order valence-corrected chi connectivity index (χ1v) is 5.91. The Morgan fingerprint density at radius 1 is 1.50 bits per heavy atom. The first-order chi connectivity index (χ1) is 9.54. The monoisotopic (exact) mass is 282 g/mol. The second kappa shape index (κ2) is 5.77. The third-order valence-electron chi connectivity index (χ3n) is 2.70. The van der Waals surface area contributed by atoms with Crippen LogP contribution >= 0.6 is 0 Å². The summed E-state index contributed by atoms with van der Waals surface area (Å²) in [6.07, 6.45) is -0.169. The fourth-order valence-electron chi connectivity index (χ4n) is 1.70. The van der Waals surface area contributed by atoms with Crippen LogP contribution in [0.5, 0.6) is 0 Å². The minimum atomic E-state index is -2.65. The van der Waals surface area contributed by atoms with Gasteiger partial charge in [0.15, 0.2) is 0 Å². The Kier molecular flexibility index (Phi) is 4.07. The zero-order valence-corrected chi connectivity index (χ0v) is 10.9. The van der Waals surface area contributed by atoms with Crippen molar-refractivity contribution in [3.63, 3.8) is 0 Å². The predicted molar refractivity (Wildman–Crippen MR) is 65.4 cm³/mol. The molecule has 0 amide bonds. The maximum absolute atomic E-state index is 12.9. The molecule has 0 aliphatic rings. The van der Waals surface area contributed by atoms with Gasteiger partial charge in [-0.3, -0.25) is 4.98 Å². The van der Waals surface area contributed by atoms with Crippen molar-refractivity contribution < 1.29 is 22.8 Å². The van der Waals surface area contributed by atoms with Gasteiger partial charge in [0, 0.05) is 23.0 Å². The van der Waals surface area contributed by atoms with E-state index >= 15 is 0 Å². The van der Waals surface area contributed by atoms with Crippen molar-refractivity contribution >= 4 is 5.97 Å². The van der Waals surface area contributed by atoms with Gasteiger partial charge in [0.05, 0.1) is 6.61 Å². The summed E-state index contributed by atoms with van der Waals surface area (Å²) in [5.74, 6) is -0.622. The molecule has 2 aromatic heterocycles. The van der Waals surface area contributed by atoms with Crippen molar-refractivity contribution in [2.75, 3.05) is 6.61 Å². The molecule has 7 heteroatoms.